The van der Waals surface area contributed by atoms with Crippen LogP contribution < -0.4 is 10.2 Å². The van der Waals surface area contributed by atoms with Gasteiger partial charge in [0, 0.05) is 5.02 Å². The number of aromatic nitrogens is 2. The minimum absolute atomic E-state index is 0.0169. The van der Waals surface area contributed by atoms with Crippen LogP contribution in [0.4, 0.5) is 4.39 Å². The second-order valence-electron chi connectivity index (χ2n) is 5.46. The van der Waals surface area contributed by atoms with Crippen LogP contribution in [-0.2, 0) is 11.4 Å². The average molecular weight is 455 g/mol. The quantitative estimate of drug-likeness (QED) is 0.309. The fourth-order valence-electron chi connectivity index (χ4n) is 1.97. The number of amides is 1. The number of halogens is 3. The van der Waals surface area contributed by atoms with E-state index in [1.165, 1.54) is 18.3 Å². The van der Waals surface area contributed by atoms with Crippen LogP contribution in [0.25, 0.3) is 0 Å². The van der Waals surface area contributed by atoms with Gasteiger partial charge in [0.15, 0.2) is 6.61 Å². The lowest BCUT2D eigenvalue weighted by Gasteiger charge is -2.05. The topological polar surface area (TPSA) is 89.6 Å². The third-order valence-corrected chi connectivity index (χ3v) is 4.64. The highest BCUT2D eigenvalue weighted by Crippen LogP contribution is 2.28. The molecule has 150 valence electrons. The molecule has 0 aliphatic heterocycles. The Morgan fingerprint density at radius 1 is 1.24 bits per heavy atom. The number of hydrogen-bond donors (Lipinski definition) is 1. The first-order valence-corrected chi connectivity index (χ1v) is 9.84. The van der Waals surface area contributed by atoms with E-state index >= 15 is 0 Å². The molecule has 1 N–H and O–H groups in total. The van der Waals surface area contributed by atoms with Crippen molar-refractivity contribution in [2.45, 2.75) is 11.8 Å². The highest BCUT2D eigenvalue weighted by atomic mass is 35.5. The second kappa shape index (κ2) is 10.2. The van der Waals surface area contributed by atoms with Gasteiger partial charge in [0.05, 0.1) is 17.0 Å². The number of rotatable bonds is 8. The number of hydrazone groups is 1. The average Bonchev–Trinajstić information content (AvgIpc) is 3.15. The molecule has 0 unspecified atom stereocenters. The molecule has 1 heterocycles. The predicted octanol–water partition coefficient (Wildman–Crippen LogP) is 4.34. The van der Waals surface area contributed by atoms with E-state index in [1.54, 1.807) is 30.3 Å². The summed E-state index contributed by atoms with van der Waals surface area (Å²) in [7, 11) is 0. The number of hydrogen-bond acceptors (Lipinski definition) is 7. The fourth-order valence-corrected chi connectivity index (χ4v) is 3.01. The summed E-state index contributed by atoms with van der Waals surface area (Å²) < 4.78 is 23.7. The molecule has 1 aromatic heterocycles. The standard InChI is InChI=1S/C18H13Cl2FN4O3S/c19-12-3-6-15(14(20)7-12)27-9-17-24-25-18(28-17)29-10-16(26)23-22-8-11-1-4-13(21)5-2-11/h1-8H,9-10H2,(H,23,26)/b22-8-. The molecule has 0 radical (unpaired) electrons. The first kappa shape index (κ1) is 21.1. The van der Waals surface area contributed by atoms with Crippen LogP contribution in [0.5, 0.6) is 5.75 Å². The number of ether oxygens (including phenoxy) is 1. The SMILES string of the molecule is O=C(CSc1nnc(COc2ccc(Cl)cc2Cl)o1)N/N=C\c1ccc(F)cc1. The molecule has 0 saturated heterocycles. The van der Waals surface area contributed by atoms with E-state index in [0.29, 0.717) is 21.4 Å². The minimum atomic E-state index is -0.364. The Balaban J connectivity index is 1.42. The number of nitrogens with zero attached hydrogens (tertiary/aromatic N) is 3. The van der Waals surface area contributed by atoms with Crippen molar-refractivity contribution < 1.29 is 18.3 Å². The van der Waals surface area contributed by atoms with Gasteiger partial charge < -0.3 is 9.15 Å². The highest BCUT2D eigenvalue weighted by molar-refractivity contribution is 7.99. The smallest absolute Gasteiger partial charge is 0.277 e. The second-order valence-corrected chi connectivity index (χ2v) is 7.23. The summed E-state index contributed by atoms with van der Waals surface area (Å²) in [6.07, 6.45) is 1.41. The van der Waals surface area contributed by atoms with E-state index < -0.39 is 0 Å². The Labute approximate surface area is 179 Å². The Kier molecular flexibility index (Phi) is 7.45. The molecule has 3 aromatic rings. The summed E-state index contributed by atoms with van der Waals surface area (Å²) in [5.41, 5.74) is 3.01. The van der Waals surface area contributed by atoms with Crippen molar-refractivity contribution in [3.8, 4) is 5.75 Å². The van der Waals surface area contributed by atoms with Gasteiger partial charge in [0.2, 0.25) is 0 Å². The van der Waals surface area contributed by atoms with Gasteiger partial charge in [-0.15, -0.1) is 10.2 Å². The monoisotopic (exact) mass is 454 g/mol. The van der Waals surface area contributed by atoms with E-state index in [9.17, 15) is 9.18 Å². The zero-order valence-electron chi connectivity index (χ0n) is 14.6. The molecular formula is C18H13Cl2FN4O3S. The maximum atomic E-state index is 12.8. The number of carbonyl (C=O) groups is 1. The van der Waals surface area contributed by atoms with E-state index in [-0.39, 0.29) is 35.2 Å². The van der Waals surface area contributed by atoms with Crippen molar-refractivity contribution in [3.05, 3.63) is 69.8 Å². The van der Waals surface area contributed by atoms with Crippen molar-refractivity contribution in [1.29, 1.82) is 0 Å². The van der Waals surface area contributed by atoms with Gasteiger partial charge in [-0.25, -0.2) is 9.82 Å². The number of nitrogens with one attached hydrogen (secondary N) is 1. The Morgan fingerprint density at radius 2 is 2.03 bits per heavy atom. The molecule has 0 saturated carbocycles. The Bertz CT molecular complexity index is 1010. The van der Waals surface area contributed by atoms with E-state index in [0.717, 1.165) is 11.8 Å². The molecule has 0 aliphatic rings. The Morgan fingerprint density at radius 3 is 2.79 bits per heavy atom. The van der Waals surface area contributed by atoms with Gasteiger partial charge >= 0.3 is 0 Å². The molecule has 29 heavy (non-hydrogen) atoms. The summed E-state index contributed by atoms with van der Waals surface area (Å²) in [5.74, 6) is -0.0256. The predicted molar refractivity (Wildman–Crippen MR) is 108 cm³/mol. The third-order valence-electron chi connectivity index (χ3n) is 3.29. The van der Waals surface area contributed by atoms with Crippen molar-refractivity contribution in [2.24, 2.45) is 5.10 Å². The molecule has 0 spiro atoms. The van der Waals surface area contributed by atoms with Crippen LogP contribution in [0.15, 0.2) is 57.2 Å². The first-order chi connectivity index (χ1) is 14.0. The molecule has 0 bridgehead atoms. The van der Waals surface area contributed by atoms with Gasteiger partial charge in [-0.05, 0) is 35.9 Å². The number of carbonyl (C=O) groups excluding carboxylic acids is 1. The minimum Gasteiger partial charge on any atom is -0.482 e. The van der Waals surface area contributed by atoms with Crippen molar-refractivity contribution in [2.75, 3.05) is 5.75 Å². The van der Waals surface area contributed by atoms with Crippen LogP contribution in [0.2, 0.25) is 10.0 Å². The summed E-state index contributed by atoms with van der Waals surface area (Å²) in [4.78, 5) is 11.8. The maximum absolute atomic E-state index is 12.8. The largest absolute Gasteiger partial charge is 0.482 e. The third kappa shape index (κ3) is 6.74. The molecule has 0 fully saturated rings. The van der Waals surface area contributed by atoms with Crippen LogP contribution in [0, 0.1) is 5.82 Å². The van der Waals surface area contributed by atoms with Gasteiger partial charge in [-0.1, -0.05) is 47.1 Å². The lowest BCUT2D eigenvalue weighted by molar-refractivity contribution is -0.118. The molecule has 0 aliphatic carbocycles. The Hall–Kier alpha value is -2.62. The van der Waals surface area contributed by atoms with E-state index in [4.69, 9.17) is 32.4 Å². The molecule has 7 nitrogen and oxygen atoms in total. The maximum Gasteiger partial charge on any atom is 0.277 e. The molecule has 3 rings (SSSR count). The van der Waals surface area contributed by atoms with E-state index in [1.807, 2.05) is 0 Å². The van der Waals surface area contributed by atoms with Crippen LogP contribution >= 0.6 is 35.0 Å². The van der Waals surface area contributed by atoms with Crippen molar-refractivity contribution in [1.82, 2.24) is 15.6 Å². The highest BCUT2D eigenvalue weighted by Gasteiger charge is 2.11. The van der Waals surface area contributed by atoms with Crippen molar-refractivity contribution >= 4 is 47.1 Å². The summed E-state index contributed by atoms with van der Waals surface area (Å²) >= 11 is 12.9. The van der Waals surface area contributed by atoms with Gasteiger partial charge in [-0.2, -0.15) is 5.10 Å². The lowest BCUT2D eigenvalue weighted by atomic mass is 10.2. The van der Waals surface area contributed by atoms with Crippen LogP contribution in [-0.4, -0.2) is 28.1 Å². The summed E-state index contributed by atoms with van der Waals surface area (Å²) in [5, 5.41) is 12.5. The molecule has 0 atom stereocenters. The fraction of sp³-hybridized carbons (Fsp3) is 0.111. The molecule has 11 heteroatoms. The number of thioether (sulfide) groups is 1. The van der Waals surface area contributed by atoms with E-state index in [2.05, 4.69) is 20.7 Å². The lowest BCUT2D eigenvalue weighted by Crippen LogP contribution is -2.19. The molecule has 2 aromatic carbocycles. The summed E-state index contributed by atoms with van der Waals surface area (Å²) in [6, 6.07) is 10.5. The summed E-state index contributed by atoms with van der Waals surface area (Å²) in [6.45, 7) is 0.0169. The zero-order chi connectivity index (χ0) is 20.6. The number of benzene rings is 2. The molecular weight excluding hydrogens is 442 g/mol. The van der Waals surface area contributed by atoms with Crippen LogP contribution in [0.3, 0.4) is 0 Å². The molecule has 1 amide bonds. The van der Waals surface area contributed by atoms with Crippen LogP contribution in [0.1, 0.15) is 11.5 Å². The van der Waals surface area contributed by atoms with Crippen molar-refractivity contribution in [3.63, 3.8) is 0 Å². The van der Waals surface area contributed by atoms with Gasteiger partial charge in [0.25, 0.3) is 17.0 Å². The van der Waals surface area contributed by atoms with Gasteiger partial charge in [0.1, 0.15) is 11.6 Å². The zero-order valence-corrected chi connectivity index (χ0v) is 17.0. The normalized spacial score (nSPS) is 11.0. The first-order valence-electron chi connectivity index (χ1n) is 8.10. The van der Waals surface area contributed by atoms with Gasteiger partial charge in [-0.3, -0.25) is 4.79 Å².